The van der Waals surface area contributed by atoms with E-state index in [0.717, 1.165) is 11.3 Å². The summed E-state index contributed by atoms with van der Waals surface area (Å²) in [5, 5.41) is 7.03. The van der Waals surface area contributed by atoms with Crippen LogP contribution in [0, 0.1) is 5.82 Å². The highest BCUT2D eigenvalue weighted by atomic mass is 19.1. The molecular weight excluding hydrogens is 333 g/mol. The predicted molar refractivity (Wildman–Crippen MR) is 97.9 cm³/mol. The second-order valence-corrected chi connectivity index (χ2v) is 6.20. The van der Waals surface area contributed by atoms with Crippen LogP contribution in [0.4, 0.5) is 10.1 Å². The molecule has 1 amide bonds. The minimum absolute atomic E-state index is 0.0848. The zero-order valence-electron chi connectivity index (χ0n) is 14.6. The largest absolute Gasteiger partial charge is 0.491 e. The number of ether oxygens (including phenoxy) is 1. The molecule has 134 valence electrons. The molecule has 1 aromatic heterocycles. The standard InChI is InChI=1S/C20H20FN3O2/c1-14(2)26-19-9-5-16(6-10-19)20(25)23-18-11-22-24(13-18)12-15-3-7-17(21)8-4-15/h3-11,13-14H,12H2,1-2H3,(H,23,25). The fraction of sp³-hybridized carbons (Fsp3) is 0.200. The topological polar surface area (TPSA) is 56.1 Å². The summed E-state index contributed by atoms with van der Waals surface area (Å²) in [5.41, 5.74) is 2.06. The van der Waals surface area contributed by atoms with Crippen LogP contribution in [0.5, 0.6) is 5.75 Å². The molecule has 3 rings (SSSR count). The molecule has 3 aromatic rings. The second kappa shape index (κ2) is 7.82. The number of amides is 1. The van der Waals surface area contributed by atoms with E-state index in [1.54, 1.807) is 53.5 Å². The maximum Gasteiger partial charge on any atom is 0.255 e. The molecule has 0 aliphatic rings. The summed E-state index contributed by atoms with van der Waals surface area (Å²) in [6, 6.07) is 13.2. The monoisotopic (exact) mass is 353 g/mol. The lowest BCUT2D eigenvalue weighted by Crippen LogP contribution is -2.11. The number of aromatic nitrogens is 2. The summed E-state index contributed by atoms with van der Waals surface area (Å²) in [6.45, 7) is 4.39. The molecule has 1 N–H and O–H groups in total. The highest BCUT2D eigenvalue weighted by Crippen LogP contribution is 2.15. The predicted octanol–water partition coefficient (Wildman–Crippen LogP) is 4.11. The van der Waals surface area contributed by atoms with Gasteiger partial charge >= 0.3 is 0 Å². The van der Waals surface area contributed by atoms with Gasteiger partial charge < -0.3 is 10.1 Å². The van der Waals surface area contributed by atoms with Crippen LogP contribution >= 0.6 is 0 Å². The molecule has 0 atom stereocenters. The number of benzene rings is 2. The number of nitrogens with zero attached hydrogens (tertiary/aromatic N) is 2. The minimum Gasteiger partial charge on any atom is -0.491 e. The molecule has 0 fully saturated rings. The van der Waals surface area contributed by atoms with Gasteiger partial charge in [0, 0.05) is 11.8 Å². The molecule has 0 aliphatic carbocycles. The average Bonchev–Trinajstić information content (AvgIpc) is 3.04. The summed E-state index contributed by atoms with van der Waals surface area (Å²) in [7, 11) is 0. The highest BCUT2D eigenvalue weighted by molar-refractivity contribution is 6.04. The maximum atomic E-state index is 12.9. The van der Waals surface area contributed by atoms with Crippen molar-refractivity contribution in [3.05, 3.63) is 77.9 Å². The Balaban J connectivity index is 1.61. The van der Waals surface area contributed by atoms with Gasteiger partial charge in [-0.25, -0.2) is 4.39 Å². The lowest BCUT2D eigenvalue weighted by atomic mass is 10.2. The smallest absolute Gasteiger partial charge is 0.255 e. The fourth-order valence-electron chi connectivity index (χ4n) is 2.45. The van der Waals surface area contributed by atoms with E-state index in [2.05, 4.69) is 10.4 Å². The van der Waals surface area contributed by atoms with Gasteiger partial charge in [0.05, 0.1) is 24.5 Å². The van der Waals surface area contributed by atoms with E-state index in [0.29, 0.717) is 17.8 Å². The first-order chi connectivity index (χ1) is 12.5. The highest BCUT2D eigenvalue weighted by Gasteiger charge is 2.08. The first-order valence-corrected chi connectivity index (χ1v) is 8.34. The number of hydrogen-bond acceptors (Lipinski definition) is 3. The number of carbonyl (C=O) groups excluding carboxylic acids is 1. The van der Waals surface area contributed by atoms with Crippen LogP contribution in [0.1, 0.15) is 29.8 Å². The number of halogens is 1. The van der Waals surface area contributed by atoms with Crippen molar-refractivity contribution in [1.82, 2.24) is 9.78 Å². The number of hydrogen-bond donors (Lipinski definition) is 1. The van der Waals surface area contributed by atoms with E-state index in [4.69, 9.17) is 4.74 Å². The summed E-state index contributed by atoms with van der Waals surface area (Å²) >= 11 is 0. The number of rotatable bonds is 6. The molecule has 2 aromatic carbocycles. The zero-order valence-corrected chi connectivity index (χ0v) is 14.6. The Morgan fingerprint density at radius 2 is 1.85 bits per heavy atom. The average molecular weight is 353 g/mol. The van der Waals surface area contributed by atoms with Crippen LogP contribution in [0.25, 0.3) is 0 Å². The fourth-order valence-corrected chi connectivity index (χ4v) is 2.45. The van der Waals surface area contributed by atoms with E-state index in [-0.39, 0.29) is 17.8 Å². The van der Waals surface area contributed by atoms with E-state index in [9.17, 15) is 9.18 Å². The van der Waals surface area contributed by atoms with Gasteiger partial charge in [-0.1, -0.05) is 12.1 Å². The van der Waals surface area contributed by atoms with Crippen molar-refractivity contribution in [2.24, 2.45) is 0 Å². The second-order valence-electron chi connectivity index (χ2n) is 6.20. The normalized spacial score (nSPS) is 10.8. The van der Waals surface area contributed by atoms with Gasteiger partial charge in [-0.05, 0) is 55.8 Å². The molecule has 0 bridgehead atoms. The molecule has 0 saturated carbocycles. The first kappa shape index (κ1) is 17.7. The molecule has 26 heavy (non-hydrogen) atoms. The molecule has 6 heteroatoms. The minimum atomic E-state index is -0.271. The lowest BCUT2D eigenvalue weighted by Gasteiger charge is -2.10. The molecular formula is C20H20FN3O2. The van der Waals surface area contributed by atoms with Gasteiger partial charge in [-0.15, -0.1) is 0 Å². The number of nitrogens with one attached hydrogen (secondary N) is 1. The van der Waals surface area contributed by atoms with Gasteiger partial charge in [-0.2, -0.15) is 5.10 Å². The van der Waals surface area contributed by atoms with Crippen LogP contribution in [-0.2, 0) is 6.54 Å². The van der Waals surface area contributed by atoms with Gasteiger partial charge in [-0.3, -0.25) is 9.48 Å². The number of carbonyl (C=O) groups is 1. The van der Waals surface area contributed by atoms with Crippen molar-refractivity contribution in [3.63, 3.8) is 0 Å². The van der Waals surface area contributed by atoms with Crippen LogP contribution in [0.15, 0.2) is 60.9 Å². The van der Waals surface area contributed by atoms with E-state index in [1.807, 2.05) is 13.8 Å². The van der Waals surface area contributed by atoms with Gasteiger partial charge in [0.15, 0.2) is 0 Å². The summed E-state index contributed by atoms with van der Waals surface area (Å²) in [6.07, 6.45) is 3.40. The van der Waals surface area contributed by atoms with Crippen molar-refractivity contribution in [1.29, 1.82) is 0 Å². The quantitative estimate of drug-likeness (QED) is 0.725. The SMILES string of the molecule is CC(C)Oc1ccc(C(=O)Nc2cnn(Cc3ccc(F)cc3)c2)cc1. The summed E-state index contributed by atoms with van der Waals surface area (Å²) < 4.78 is 20.2. The van der Waals surface area contributed by atoms with Crippen LogP contribution in [-0.4, -0.2) is 21.8 Å². The van der Waals surface area contributed by atoms with Gasteiger partial charge in [0.2, 0.25) is 0 Å². The Labute approximate surface area is 151 Å². The van der Waals surface area contributed by atoms with E-state index in [1.165, 1.54) is 12.1 Å². The molecule has 0 unspecified atom stereocenters. The third-order valence-electron chi connectivity index (χ3n) is 3.64. The molecule has 0 radical (unpaired) electrons. The molecule has 1 heterocycles. The molecule has 0 aliphatic heterocycles. The van der Waals surface area contributed by atoms with Crippen molar-refractivity contribution < 1.29 is 13.9 Å². The van der Waals surface area contributed by atoms with E-state index < -0.39 is 0 Å². The van der Waals surface area contributed by atoms with Crippen molar-refractivity contribution in [2.75, 3.05) is 5.32 Å². The molecule has 0 saturated heterocycles. The van der Waals surface area contributed by atoms with Crippen LogP contribution in [0.2, 0.25) is 0 Å². The molecule has 0 spiro atoms. The van der Waals surface area contributed by atoms with Crippen LogP contribution < -0.4 is 10.1 Å². The Morgan fingerprint density at radius 1 is 1.15 bits per heavy atom. The Morgan fingerprint density at radius 3 is 2.50 bits per heavy atom. The summed E-state index contributed by atoms with van der Waals surface area (Å²) in [4.78, 5) is 12.3. The lowest BCUT2D eigenvalue weighted by molar-refractivity contribution is 0.102. The number of anilines is 1. The summed E-state index contributed by atoms with van der Waals surface area (Å²) in [5.74, 6) is 0.234. The van der Waals surface area contributed by atoms with E-state index >= 15 is 0 Å². The van der Waals surface area contributed by atoms with Crippen LogP contribution in [0.3, 0.4) is 0 Å². The van der Waals surface area contributed by atoms with Crippen molar-refractivity contribution in [3.8, 4) is 5.75 Å². The Hall–Kier alpha value is -3.15. The third kappa shape index (κ3) is 4.69. The third-order valence-corrected chi connectivity index (χ3v) is 3.64. The zero-order chi connectivity index (χ0) is 18.5. The Kier molecular flexibility index (Phi) is 5.31. The van der Waals surface area contributed by atoms with Crippen molar-refractivity contribution >= 4 is 11.6 Å². The maximum absolute atomic E-state index is 12.9. The molecule has 5 nitrogen and oxygen atoms in total. The first-order valence-electron chi connectivity index (χ1n) is 8.34. The van der Waals surface area contributed by atoms with Gasteiger partial charge in [0.1, 0.15) is 11.6 Å². The van der Waals surface area contributed by atoms with Gasteiger partial charge in [0.25, 0.3) is 5.91 Å². The van der Waals surface area contributed by atoms with Crippen molar-refractivity contribution in [2.45, 2.75) is 26.5 Å². The Bertz CT molecular complexity index is 871.